The molecule has 2 N–H and O–H groups in total. The molecule has 7 nitrogen and oxygen atoms in total. The number of alkyl carbamates (subject to hydrolysis) is 1. The Labute approximate surface area is 189 Å². The van der Waals surface area contributed by atoms with E-state index < -0.39 is 11.7 Å². The topological polar surface area (TPSA) is 87.7 Å². The lowest BCUT2D eigenvalue weighted by molar-refractivity contribution is -0.132. The van der Waals surface area contributed by atoms with Gasteiger partial charge in [0.05, 0.1) is 0 Å². The molecule has 0 aromatic heterocycles. The van der Waals surface area contributed by atoms with E-state index in [1.54, 1.807) is 6.07 Å². The maximum atomic E-state index is 12.5. The summed E-state index contributed by atoms with van der Waals surface area (Å²) in [5, 5.41) is 7.76. The summed E-state index contributed by atoms with van der Waals surface area (Å²) in [6.45, 7) is 7.70. The van der Waals surface area contributed by atoms with Gasteiger partial charge in [-0.25, -0.2) is 4.79 Å². The van der Waals surface area contributed by atoms with Crippen molar-refractivity contribution in [3.05, 3.63) is 48.0 Å². The first-order valence-electron chi connectivity index (χ1n) is 11.2. The van der Waals surface area contributed by atoms with Crippen LogP contribution in [-0.2, 0) is 9.53 Å². The smallest absolute Gasteiger partial charge is 0.407 e. The Morgan fingerprint density at radius 2 is 1.69 bits per heavy atom. The largest absolute Gasteiger partial charge is 0.444 e. The summed E-state index contributed by atoms with van der Waals surface area (Å²) < 4.78 is 5.26. The minimum atomic E-state index is -0.510. The van der Waals surface area contributed by atoms with Gasteiger partial charge in [-0.05, 0) is 62.4 Å². The second-order valence-electron chi connectivity index (χ2n) is 9.27. The Morgan fingerprint density at radius 3 is 2.38 bits per heavy atom. The van der Waals surface area contributed by atoms with Crippen molar-refractivity contribution in [2.45, 2.75) is 45.6 Å². The second kappa shape index (κ2) is 10.5. The molecule has 172 valence electrons. The average Bonchev–Trinajstić information content (AvgIpc) is 2.76. The molecule has 0 radical (unpaired) electrons. The molecule has 1 fully saturated rings. The molecule has 2 aromatic rings. The van der Waals surface area contributed by atoms with Crippen molar-refractivity contribution in [1.29, 1.82) is 0 Å². The van der Waals surface area contributed by atoms with Gasteiger partial charge >= 0.3 is 6.09 Å². The monoisotopic (exact) mass is 439 g/mol. The Bertz CT molecular complexity index is 959. The van der Waals surface area contributed by atoms with Gasteiger partial charge in [0.15, 0.2) is 0 Å². The van der Waals surface area contributed by atoms with Gasteiger partial charge in [0.1, 0.15) is 5.60 Å². The summed E-state index contributed by atoms with van der Waals surface area (Å²) >= 11 is 0. The van der Waals surface area contributed by atoms with Gasteiger partial charge in [-0.3, -0.25) is 9.59 Å². The van der Waals surface area contributed by atoms with Crippen molar-refractivity contribution < 1.29 is 19.1 Å². The van der Waals surface area contributed by atoms with Crippen LogP contribution in [0, 0.1) is 5.92 Å². The zero-order valence-electron chi connectivity index (χ0n) is 19.1. The molecular formula is C25H33N3O4. The number of benzene rings is 2. The highest BCUT2D eigenvalue weighted by atomic mass is 16.6. The van der Waals surface area contributed by atoms with Crippen LogP contribution in [0.15, 0.2) is 42.5 Å². The fourth-order valence-corrected chi connectivity index (χ4v) is 3.80. The normalized spacial score (nSPS) is 14.8. The third kappa shape index (κ3) is 6.97. The summed E-state index contributed by atoms with van der Waals surface area (Å²) in [7, 11) is 0. The molecule has 0 aliphatic carbocycles. The maximum absolute atomic E-state index is 12.5. The first kappa shape index (κ1) is 23.6. The number of hydrogen-bond acceptors (Lipinski definition) is 4. The molecule has 1 aliphatic rings. The third-order valence-electron chi connectivity index (χ3n) is 5.54. The highest BCUT2D eigenvalue weighted by molar-refractivity contribution is 5.98. The molecule has 32 heavy (non-hydrogen) atoms. The number of rotatable bonds is 6. The Kier molecular flexibility index (Phi) is 7.72. The number of ether oxygens (including phenoxy) is 1. The van der Waals surface area contributed by atoms with E-state index in [-0.39, 0.29) is 18.2 Å². The van der Waals surface area contributed by atoms with Crippen LogP contribution in [0.3, 0.4) is 0 Å². The van der Waals surface area contributed by atoms with Crippen molar-refractivity contribution in [2.24, 2.45) is 5.92 Å². The predicted octanol–water partition coefficient (Wildman–Crippen LogP) is 3.72. The average molecular weight is 440 g/mol. The SMILES string of the molecule is CC(C)(C)OC(=O)NCC1CCN(C(=O)CCNC(=O)c2ccc3ccccc3c2)CC1. The van der Waals surface area contributed by atoms with Gasteiger partial charge in [0.25, 0.3) is 5.91 Å². The first-order valence-corrected chi connectivity index (χ1v) is 11.2. The molecule has 1 saturated heterocycles. The van der Waals surface area contributed by atoms with Crippen LogP contribution in [0.4, 0.5) is 4.79 Å². The van der Waals surface area contributed by atoms with Crippen molar-refractivity contribution in [3.63, 3.8) is 0 Å². The lowest BCUT2D eigenvalue weighted by Gasteiger charge is -2.32. The number of amides is 3. The molecule has 3 amide bonds. The van der Waals surface area contributed by atoms with Gasteiger partial charge < -0.3 is 20.3 Å². The number of nitrogens with one attached hydrogen (secondary N) is 2. The molecule has 1 aliphatic heterocycles. The van der Waals surface area contributed by atoms with Gasteiger partial charge in [0.2, 0.25) is 5.91 Å². The van der Waals surface area contributed by atoms with Crippen LogP contribution in [0.25, 0.3) is 10.8 Å². The number of fused-ring (bicyclic) bond motifs is 1. The Balaban J connectivity index is 1.36. The second-order valence-corrected chi connectivity index (χ2v) is 9.27. The lowest BCUT2D eigenvalue weighted by Crippen LogP contribution is -2.43. The third-order valence-corrected chi connectivity index (χ3v) is 5.54. The minimum Gasteiger partial charge on any atom is -0.444 e. The Hall–Kier alpha value is -3.09. The van der Waals surface area contributed by atoms with Crippen LogP contribution >= 0.6 is 0 Å². The summed E-state index contributed by atoms with van der Waals surface area (Å²) in [5.74, 6) is 0.206. The number of piperidine rings is 1. The number of hydrogen-bond donors (Lipinski definition) is 2. The molecule has 0 unspecified atom stereocenters. The van der Waals surface area contributed by atoms with Gasteiger partial charge in [-0.1, -0.05) is 30.3 Å². The number of carbonyl (C=O) groups excluding carboxylic acids is 3. The number of likely N-dealkylation sites (tertiary alicyclic amines) is 1. The molecule has 1 heterocycles. The summed E-state index contributed by atoms with van der Waals surface area (Å²) in [4.78, 5) is 38.5. The molecule has 0 atom stereocenters. The molecule has 0 spiro atoms. The van der Waals surface area contributed by atoms with E-state index in [2.05, 4.69) is 10.6 Å². The number of nitrogens with zero attached hydrogens (tertiary/aromatic N) is 1. The molecular weight excluding hydrogens is 406 g/mol. The standard InChI is InChI=1S/C25H33N3O4/c1-25(2,3)32-24(31)27-17-18-11-14-28(15-12-18)22(29)10-13-26-23(30)21-9-8-19-6-4-5-7-20(19)16-21/h4-9,16,18H,10-15,17H2,1-3H3,(H,26,30)(H,27,31). The van der Waals surface area contributed by atoms with Crippen LogP contribution in [0.1, 0.15) is 50.4 Å². The van der Waals surface area contributed by atoms with Crippen molar-refractivity contribution in [3.8, 4) is 0 Å². The minimum absolute atomic E-state index is 0.0439. The molecule has 0 bridgehead atoms. The Morgan fingerprint density at radius 1 is 1.00 bits per heavy atom. The summed E-state index contributed by atoms with van der Waals surface area (Å²) in [5.41, 5.74) is 0.0818. The lowest BCUT2D eigenvalue weighted by atomic mass is 9.96. The van der Waals surface area contributed by atoms with Crippen molar-refractivity contribution in [2.75, 3.05) is 26.2 Å². The van der Waals surface area contributed by atoms with E-state index in [0.717, 1.165) is 23.6 Å². The fraction of sp³-hybridized carbons (Fsp3) is 0.480. The predicted molar refractivity (Wildman–Crippen MR) is 124 cm³/mol. The van der Waals surface area contributed by atoms with Gasteiger partial charge in [0, 0.05) is 38.2 Å². The molecule has 0 saturated carbocycles. The van der Waals surface area contributed by atoms with Crippen molar-refractivity contribution in [1.82, 2.24) is 15.5 Å². The first-order chi connectivity index (χ1) is 15.2. The van der Waals surface area contributed by atoms with Crippen LogP contribution < -0.4 is 10.6 Å². The van der Waals surface area contributed by atoms with E-state index in [9.17, 15) is 14.4 Å². The van der Waals surface area contributed by atoms with Crippen LogP contribution in [0.5, 0.6) is 0 Å². The fourth-order valence-electron chi connectivity index (χ4n) is 3.80. The van der Waals surface area contributed by atoms with Gasteiger partial charge in [-0.2, -0.15) is 0 Å². The van der Waals surface area contributed by atoms with Crippen LogP contribution in [-0.4, -0.2) is 54.6 Å². The quantitative estimate of drug-likeness (QED) is 0.718. The summed E-state index contributed by atoms with van der Waals surface area (Å²) in [6, 6.07) is 13.5. The number of carbonyl (C=O) groups is 3. The highest BCUT2D eigenvalue weighted by Crippen LogP contribution is 2.18. The zero-order chi connectivity index (χ0) is 23.1. The molecule has 7 heteroatoms. The van der Waals surface area contributed by atoms with E-state index >= 15 is 0 Å². The molecule has 2 aromatic carbocycles. The zero-order valence-corrected chi connectivity index (χ0v) is 19.1. The molecule has 3 rings (SSSR count). The summed E-state index contributed by atoms with van der Waals surface area (Å²) in [6.07, 6.45) is 1.55. The maximum Gasteiger partial charge on any atom is 0.407 e. The van der Waals surface area contributed by atoms with Gasteiger partial charge in [-0.15, -0.1) is 0 Å². The van der Waals surface area contributed by atoms with E-state index in [1.165, 1.54) is 0 Å². The highest BCUT2D eigenvalue weighted by Gasteiger charge is 2.24. The van der Waals surface area contributed by atoms with Crippen molar-refractivity contribution >= 4 is 28.7 Å². The van der Waals surface area contributed by atoms with E-state index in [0.29, 0.717) is 37.7 Å². The van der Waals surface area contributed by atoms with E-state index in [1.807, 2.05) is 62.1 Å². The van der Waals surface area contributed by atoms with E-state index in [4.69, 9.17) is 4.74 Å². The van der Waals surface area contributed by atoms with Crippen LogP contribution in [0.2, 0.25) is 0 Å².